The minimum atomic E-state index is -1.43. The van der Waals surface area contributed by atoms with E-state index in [1.807, 2.05) is 19.3 Å². The molecule has 6 rings (SSSR count). The Morgan fingerprint density at radius 1 is 1.20 bits per heavy atom. The van der Waals surface area contributed by atoms with Gasteiger partial charge < -0.3 is 29.0 Å². The fraction of sp³-hybridized carbons (Fsp3) is 0.474. The smallest absolute Gasteiger partial charge is 0.339 e. The second-order valence-corrected chi connectivity index (χ2v) is 14.3. The van der Waals surface area contributed by atoms with Crippen LogP contribution in [-0.4, -0.2) is 88.3 Å². The van der Waals surface area contributed by atoms with Crippen LogP contribution in [0.4, 0.5) is 0 Å². The van der Waals surface area contributed by atoms with Crippen LogP contribution < -0.4 is 0 Å². The average Bonchev–Trinajstić information content (AvgIpc) is 3.42. The molecular formula is C38H46BrN3O7. The van der Waals surface area contributed by atoms with Gasteiger partial charge in [0.1, 0.15) is 18.0 Å². The van der Waals surface area contributed by atoms with Crippen molar-refractivity contribution in [1.82, 2.24) is 14.5 Å². The number of piperidine rings is 1. The summed E-state index contributed by atoms with van der Waals surface area (Å²) in [5.41, 5.74) is 3.90. The van der Waals surface area contributed by atoms with Gasteiger partial charge >= 0.3 is 5.97 Å². The Kier molecular flexibility index (Phi) is 12.0. The number of methoxy groups -OCH3 is 1. The molecule has 3 heterocycles. The molecule has 49 heavy (non-hydrogen) atoms. The van der Waals surface area contributed by atoms with Crippen LogP contribution in [-0.2, 0) is 38.1 Å². The number of aliphatic hydroxyl groups excluding tert-OH is 2. The van der Waals surface area contributed by atoms with E-state index in [0.717, 1.165) is 36.7 Å². The Labute approximate surface area is 295 Å². The highest BCUT2D eigenvalue weighted by Crippen LogP contribution is 2.49. The number of aldehydes is 1. The van der Waals surface area contributed by atoms with E-state index in [0.29, 0.717) is 18.5 Å². The molecule has 2 N–H and O–H groups in total. The van der Waals surface area contributed by atoms with Crippen LogP contribution in [0.25, 0.3) is 10.9 Å². The third-order valence-corrected chi connectivity index (χ3v) is 10.5. The number of fused-ring (bicyclic) bond motifs is 2. The van der Waals surface area contributed by atoms with Crippen LogP contribution in [0.2, 0.25) is 0 Å². The van der Waals surface area contributed by atoms with Crippen LogP contribution in [0.15, 0.2) is 71.6 Å². The topological polar surface area (TPSA) is 131 Å². The molecule has 1 aliphatic heterocycles. The number of likely N-dealkylation sites (N-methyl/N-ethyl adjacent to an activating group) is 1. The van der Waals surface area contributed by atoms with Gasteiger partial charge in [0.25, 0.3) is 0 Å². The van der Waals surface area contributed by atoms with Crippen LogP contribution in [0.5, 0.6) is 0 Å². The maximum atomic E-state index is 12.5. The predicted molar refractivity (Wildman–Crippen MR) is 190 cm³/mol. The molecular weight excluding hydrogens is 690 g/mol. The Bertz CT molecular complexity index is 1720. The monoisotopic (exact) mass is 735 g/mol. The third-order valence-electron chi connectivity index (χ3n) is 10.1. The molecule has 2 aromatic heterocycles. The van der Waals surface area contributed by atoms with E-state index in [-0.39, 0.29) is 30.3 Å². The number of hydrogen-bond donors (Lipinski definition) is 2. The molecule has 0 amide bonds. The summed E-state index contributed by atoms with van der Waals surface area (Å²) in [6.45, 7) is 3.29. The quantitative estimate of drug-likeness (QED) is 0.136. The van der Waals surface area contributed by atoms with Crippen molar-refractivity contribution in [2.45, 2.75) is 62.9 Å². The average molecular weight is 737 g/mol. The highest BCUT2D eigenvalue weighted by atomic mass is 79.9. The number of aryl methyl sites for hydroxylation is 1. The molecule has 11 heteroatoms. The van der Waals surface area contributed by atoms with Crippen molar-refractivity contribution in [2.24, 2.45) is 24.8 Å². The van der Waals surface area contributed by atoms with Gasteiger partial charge in [-0.3, -0.25) is 14.7 Å². The molecule has 1 saturated carbocycles. The van der Waals surface area contributed by atoms with Gasteiger partial charge in [-0.15, -0.1) is 0 Å². The zero-order valence-electron chi connectivity index (χ0n) is 28.5. The SMILES string of the molecule is CCCC=CC=CC1CC(O)C(O)C(=O)C1C=O.COC12CC(COC(=O)c3cncc(Br)c3)CN(C)C1Cc1cn(C)c3cccc2c13. The Morgan fingerprint density at radius 3 is 2.71 bits per heavy atom. The molecule has 2 aliphatic carbocycles. The molecule has 3 aromatic rings. The number of rotatable bonds is 9. The summed E-state index contributed by atoms with van der Waals surface area (Å²) < 4.78 is 15.0. The maximum absolute atomic E-state index is 12.5. The highest BCUT2D eigenvalue weighted by Gasteiger charge is 2.52. The minimum Gasteiger partial charge on any atom is -0.462 e. The first-order chi connectivity index (χ1) is 23.5. The fourth-order valence-electron chi connectivity index (χ4n) is 7.69. The number of pyridine rings is 1. The zero-order chi connectivity index (χ0) is 35.3. The molecule has 1 saturated heterocycles. The van der Waals surface area contributed by atoms with Gasteiger partial charge in [-0.05, 0) is 77.8 Å². The molecule has 0 radical (unpaired) electrons. The summed E-state index contributed by atoms with van der Waals surface area (Å²) in [5, 5.41) is 20.3. The van der Waals surface area contributed by atoms with Crippen molar-refractivity contribution in [3.05, 3.63) is 88.3 Å². The van der Waals surface area contributed by atoms with Gasteiger partial charge in [-0.2, -0.15) is 0 Å². The molecule has 10 nitrogen and oxygen atoms in total. The number of hydrogen-bond acceptors (Lipinski definition) is 9. The lowest BCUT2D eigenvalue weighted by Gasteiger charge is -2.53. The van der Waals surface area contributed by atoms with E-state index in [9.17, 15) is 24.6 Å². The molecule has 262 valence electrons. The van der Waals surface area contributed by atoms with E-state index in [1.165, 1.54) is 28.2 Å². The number of ketones is 1. The number of aromatic nitrogens is 2. The Balaban J connectivity index is 0.000000223. The largest absolute Gasteiger partial charge is 0.462 e. The summed E-state index contributed by atoms with van der Waals surface area (Å²) in [5.74, 6) is -1.94. The summed E-state index contributed by atoms with van der Waals surface area (Å²) >= 11 is 3.35. The fourth-order valence-corrected chi connectivity index (χ4v) is 8.06. The number of halogens is 1. The summed E-state index contributed by atoms with van der Waals surface area (Å²) in [4.78, 5) is 41.5. The molecule has 3 aliphatic rings. The zero-order valence-corrected chi connectivity index (χ0v) is 30.1. The number of allylic oxidation sites excluding steroid dienone is 4. The second-order valence-electron chi connectivity index (χ2n) is 13.4. The van der Waals surface area contributed by atoms with Gasteiger partial charge in [-0.25, -0.2) is 4.79 Å². The Morgan fingerprint density at radius 2 is 2.00 bits per heavy atom. The first-order valence-corrected chi connectivity index (χ1v) is 17.6. The van der Waals surface area contributed by atoms with Crippen LogP contribution in [0, 0.1) is 17.8 Å². The van der Waals surface area contributed by atoms with Crippen molar-refractivity contribution in [1.29, 1.82) is 0 Å². The van der Waals surface area contributed by atoms with E-state index in [2.05, 4.69) is 75.8 Å². The number of likely N-dealkylation sites (tertiary alicyclic amines) is 1. The van der Waals surface area contributed by atoms with E-state index < -0.39 is 29.5 Å². The van der Waals surface area contributed by atoms with Crippen LogP contribution in [0.1, 0.15) is 54.1 Å². The van der Waals surface area contributed by atoms with Crippen molar-refractivity contribution >= 4 is 44.9 Å². The number of unbranched alkanes of at least 4 members (excludes halogenated alkanes) is 1. The molecule has 7 unspecified atom stereocenters. The molecule has 1 aromatic carbocycles. The lowest BCUT2D eigenvalue weighted by Crippen LogP contribution is -2.59. The Hall–Kier alpha value is -3.48. The maximum Gasteiger partial charge on any atom is 0.339 e. The molecule has 7 atom stereocenters. The van der Waals surface area contributed by atoms with E-state index in [4.69, 9.17) is 9.47 Å². The van der Waals surface area contributed by atoms with Gasteiger partial charge in [0.2, 0.25) is 0 Å². The van der Waals surface area contributed by atoms with Gasteiger partial charge in [-0.1, -0.05) is 49.8 Å². The molecule has 0 spiro atoms. The number of aliphatic hydroxyl groups is 2. The van der Waals surface area contributed by atoms with E-state index >= 15 is 0 Å². The van der Waals surface area contributed by atoms with Crippen molar-refractivity contribution in [2.75, 3.05) is 27.3 Å². The lowest BCUT2D eigenvalue weighted by molar-refractivity contribution is -0.146. The van der Waals surface area contributed by atoms with Crippen LogP contribution >= 0.6 is 15.9 Å². The third kappa shape index (κ3) is 7.66. The normalized spacial score (nSPS) is 28.3. The summed E-state index contributed by atoms with van der Waals surface area (Å²) in [6.07, 6.45) is 14.9. The lowest BCUT2D eigenvalue weighted by atomic mass is 9.69. The number of carbonyl (C=O) groups is 3. The van der Waals surface area contributed by atoms with Crippen molar-refractivity contribution in [3.63, 3.8) is 0 Å². The van der Waals surface area contributed by atoms with E-state index in [1.54, 1.807) is 24.4 Å². The van der Waals surface area contributed by atoms with Gasteiger partial charge in [0, 0.05) is 66.6 Å². The molecule has 2 fully saturated rings. The van der Waals surface area contributed by atoms with Crippen molar-refractivity contribution < 1.29 is 34.1 Å². The highest BCUT2D eigenvalue weighted by molar-refractivity contribution is 9.10. The first kappa shape index (κ1) is 36.8. The number of benzene rings is 1. The first-order valence-electron chi connectivity index (χ1n) is 16.8. The number of Topliss-reactive ketones (excluding diaryl/α,β-unsaturated/α-hetero) is 1. The summed E-state index contributed by atoms with van der Waals surface area (Å²) in [6, 6.07) is 8.47. The number of esters is 1. The predicted octanol–water partition coefficient (Wildman–Crippen LogP) is 4.94. The van der Waals surface area contributed by atoms with Crippen LogP contribution in [0.3, 0.4) is 0 Å². The second kappa shape index (κ2) is 16.0. The number of carbonyl (C=O) groups excluding carboxylic acids is 3. The van der Waals surface area contributed by atoms with Gasteiger partial charge in [0.15, 0.2) is 5.78 Å². The molecule has 0 bridgehead atoms. The van der Waals surface area contributed by atoms with Crippen molar-refractivity contribution in [3.8, 4) is 0 Å². The van der Waals surface area contributed by atoms with Gasteiger partial charge in [0.05, 0.1) is 24.2 Å². The minimum absolute atomic E-state index is 0.172. The number of ether oxygens (including phenoxy) is 2. The summed E-state index contributed by atoms with van der Waals surface area (Å²) in [7, 11) is 6.07. The number of nitrogens with zero attached hydrogens (tertiary/aromatic N) is 3. The standard InChI is InChI=1S/C24H26BrN3O3.C14H20O4/c1-27-13-17-8-21-24(30-3,19-5-4-6-20(27)22(17)19)9-15(12-28(21)2)14-31-23(29)16-7-18(25)11-26-10-16;1-2-3-4-5-6-7-10-8-12(16)14(18)13(17)11(10)9-15/h4-7,10-11,13,15,21H,8-9,12,14H2,1-3H3;4-7,9-12,14,16,18H,2-3,8H2,1H3.